The Morgan fingerprint density at radius 2 is 1.94 bits per heavy atom. The molecule has 94 valence electrons. The molecule has 5 heteroatoms. The first-order valence-corrected chi connectivity index (χ1v) is 5.86. The van der Waals surface area contributed by atoms with Gasteiger partial charge in [-0.15, -0.1) is 0 Å². The van der Waals surface area contributed by atoms with Crippen LogP contribution < -0.4 is 4.90 Å². The van der Waals surface area contributed by atoms with Gasteiger partial charge in [0.25, 0.3) is 0 Å². The van der Waals surface area contributed by atoms with Crippen molar-refractivity contribution in [2.45, 2.75) is 6.42 Å². The maximum Gasteiger partial charge on any atom is 0.236 e. The fourth-order valence-corrected chi connectivity index (χ4v) is 2.08. The largest absolute Gasteiger partial charge is 0.366 e. The molecule has 2 rings (SSSR count). The van der Waals surface area contributed by atoms with Gasteiger partial charge in [0.05, 0.1) is 11.8 Å². The molecule has 0 bridgehead atoms. The van der Waals surface area contributed by atoms with Gasteiger partial charge in [0, 0.05) is 26.2 Å². The van der Waals surface area contributed by atoms with Gasteiger partial charge in [0.1, 0.15) is 12.2 Å². The molecule has 0 aromatic heterocycles. The standard InChI is InChI=1S/C13H14FN3O/c14-11-3-1-2-4-12(11)16-7-9-17(10-8-16)13(18)5-6-15/h1-4H,5,7-10H2. The first-order chi connectivity index (χ1) is 8.72. The van der Waals surface area contributed by atoms with Crippen molar-refractivity contribution in [2.24, 2.45) is 0 Å². The molecule has 1 aliphatic heterocycles. The number of para-hydroxylation sites is 1. The fraction of sp³-hybridized carbons (Fsp3) is 0.385. The molecule has 0 unspecified atom stereocenters. The zero-order valence-electron chi connectivity index (χ0n) is 9.97. The summed E-state index contributed by atoms with van der Waals surface area (Å²) in [4.78, 5) is 15.1. The number of hydrogen-bond acceptors (Lipinski definition) is 3. The highest BCUT2D eigenvalue weighted by Gasteiger charge is 2.22. The smallest absolute Gasteiger partial charge is 0.236 e. The average molecular weight is 247 g/mol. The third-order valence-electron chi connectivity index (χ3n) is 3.06. The van der Waals surface area contributed by atoms with Gasteiger partial charge < -0.3 is 9.80 Å². The van der Waals surface area contributed by atoms with E-state index in [1.165, 1.54) is 6.07 Å². The maximum atomic E-state index is 13.6. The zero-order chi connectivity index (χ0) is 13.0. The summed E-state index contributed by atoms with van der Waals surface area (Å²) in [5.41, 5.74) is 0.574. The van der Waals surface area contributed by atoms with Crippen LogP contribution in [-0.4, -0.2) is 37.0 Å². The van der Waals surface area contributed by atoms with E-state index >= 15 is 0 Å². The van der Waals surface area contributed by atoms with Crippen LogP contribution in [0.3, 0.4) is 0 Å². The molecule has 1 aromatic carbocycles. The molecule has 1 fully saturated rings. The van der Waals surface area contributed by atoms with Gasteiger partial charge in [-0.1, -0.05) is 12.1 Å². The van der Waals surface area contributed by atoms with Crippen LogP contribution in [0.5, 0.6) is 0 Å². The molecule has 18 heavy (non-hydrogen) atoms. The minimum absolute atomic E-state index is 0.0836. The quantitative estimate of drug-likeness (QED) is 0.793. The van der Waals surface area contributed by atoms with Crippen LogP contribution in [0, 0.1) is 17.1 Å². The number of rotatable bonds is 2. The summed E-state index contributed by atoms with van der Waals surface area (Å²) in [5.74, 6) is -0.389. The molecule has 0 spiro atoms. The summed E-state index contributed by atoms with van der Waals surface area (Å²) in [6, 6.07) is 8.48. The van der Waals surface area contributed by atoms with Crippen LogP contribution in [-0.2, 0) is 4.79 Å². The van der Waals surface area contributed by atoms with E-state index in [2.05, 4.69) is 0 Å². The third kappa shape index (κ3) is 2.59. The summed E-state index contributed by atoms with van der Waals surface area (Å²) in [6.45, 7) is 2.26. The zero-order valence-corrected chi connectivity index (χ0v) is 9.97. The number of nitrogens with zero attached hydrogens (tertiary/aromatic N) is 3. The summed E-state index contributed by atoms with van der Waals surface area (Å²) >= 11 is 0. The Kier molecular flexibility index (Phi) is 3.78. The monoisotopic (exact) mass is 247 g/mol. The van der Waals surface area contributed by atoms with Crippen molar-refractivity contribution in [3.05, 3.63) is 30.1 Å². The molecule has 0 N–H and O–H groups in total. The molecule has 1 heterocycles. The Morgan fingerprint density at radius 1 is 1.28 bits per heavy atom. The normalized spacial score (nSPS) is 15.3. The molecule has 1 saturated heterocycles. The second kappa shape index (κ2) is 5.50. The van der Waals surface area contributed by atoms with Gasteiger partial charge in [-0.2, -0.15) is 5.26 Å². The van der Waals surface area contributed by atoms with Crippen LogP contribution in [0.15, 0.2) is 24.3 Å². The lowest BCUT2D eigenvalue weighted by Crippen LogP contribution is -2.48. The fourth-order valence-electron chi connectivity index (χ4n) is 2.08. The van der Waals surface area contributed by atoms with E-state index in [0.29, 0.717) is 31.9 Å². The topological polar surface area (TPSA) is 47.3 Å². The SMILES string of the molecule is N#CCC(=O)N1CCN(c2ccccc2F)CC1. The van der Waals surface area contributed by atoms with Crippen LogP contribution in [0.1, 0.15) is 6.42 Å². The number of anilines is 1. The Hall–Kier alpha value is -2.09. The van der Waals surface area contributed by atoms with E-state index in [4.69, 9.17) is 5.26 Å². The van der Waals surface area contributed by atoms with Crippen molar-refractivity contribution >= 4 is 11.6 Å². The molecule has 0 atom stereocenters. The van der Waals surface area contributed by atoms with Crippen molar-refractivity contribution in [1.82, 2.24) is 4.90 Å². The lowest BCUT2D eigenvalue weighted by Gasteiger charge is -2.35. The lowest BCUT2D eigenvalue weighted by atomic mass is 10.2. The highest BCUT2D eigenvalue weighted by Crippen LogP contribution is 2.20. The molecule has 1 amide bonds. The molecule has 0 radical (unpaired) electrons. The highest BCUT2D eigenvalue weighted by molar-refractivity contribution is 5.78. The molecule has 0 aliphatic carbocycles. The Balaban J connectivity index is 1.97. The number of amides is 1. The van der Waals surface area contributed by atoms with Crippen molar-refractivity contribution in [2.75, 3.05) is 31.1 Å². The van der Waals surface area contributed by atoms with Crippen molar-refractivity contribution in [1.29, 1.82) is 5.26 Å². The van der Waals surface area contributed by atoms with Crippen molar-refractivity contribution in [3.63, 3.8) is 0 Å². The van der Waals surface area contributed by atoms with E-state index in [9.17, 15) is 9.18 Å². The first-order valence-electron chi connectivity index (χ1n) is 5.86. The van der Waals surface area contributed by atoms with E-state index in [1.54, 1.807) is 23.1 Å². The second-order valence-corrected chi connectivity index (χ2v) is 4.15. The predicted molar refractivity (Wildman–Crippen MR) is 65.4 cm³/mol. The molecule has 1 aliphatic rings. The number of nitriles is 1. The van der Waals surface area contributed by atoms with Gasteiger partial charge in [0.2, 0.25) is 5.91 Å². The van der Waals surface area contributed by atoms with E-state index in [1.807, 2.05) is 11.0 Å². The van der Waals surface area contributed by atoms with Crippen LogP contribution in [0.25, 0.3) is 0 Å². The highest BCUT2D eigenvalue weighted by atomic mass is 19.1. The maximum absolute atomic E-state index is 13.6. The third-order valence-corrected chi connectivity index (χ3v) is 3.06. The molecular weight excluding hydrogens is 233 g/mol. The number of benzene rings is 1. The minimum Gasteiger partial charge on any atom is -0.366 e. The molecule has 0 saturated carbocycles. The minimum atomic E-state index is -0.241. The average Bonchev–Trinajstić information content (AvgIpc) is 2.40. The van der Waals surface area contributed by atoms with Gasteiger partial charge in [-0.3, -0.25) is 4.79 Å². The summed E-state index contributed by atoms with van der Waals surface area (Å²) in [5, 5.41) is 8.48. The Morgan fingerprint density at radius 3 is 2.56 bits per heavy atom. The van der Waals surface area contributed by atoms with Crippen molar-refractivity contribution in [3.8, 4) is 6.07 Å². The molecule has 4 nitrogen and oxygen atoms in total. The van der Waals surface area contributed by atoms with E-state index in [0.717, 1.165) is 0 Å². The van der Waals surface area contributed by atoms with Gasteiger partial charge in [-0.05, 0) is 12.1 Å². The predicted octanol–water partition coefficient (Wildman–Crippen LogP) is 1.39. The summed E-state index contributed by atoms with van der Waals surface area (Å²) < 4.78 is 13.6. The number of piperazine rings is 1. The van der Waals surface area contributed by atoms with Gasteiger partial charge >= 0.3 is 0 Å². The number of halogens is 1. The lowest BCUT2D eigenvalue weighted by molar-refractivity contribution is -0.130. The first kappa shape index (κ1) is 12.4. The van der Waals surface area contributed by atoms with Crippen LogP contribution >= 0.6 is 0 Å². The van der Waals surface area contributed by atoms with Gasteiger partial charge in [0.15, 0.2) is 0 Å². The van der Waals surface area contributed by atoms with Gasteiger partial charge in [-0.25, -0.2) is 4.39 Å². The number of carbonyl (C=O) groups is 1. The second-order valence-electron chi connectivity index (χ2n) is 4.15. The molecular formula is C13H14FN3O. The summed E-state index contributed by atoms with van der Waals surface area (Å²) in [6.07, 6.45) is -0.0836. The van der Waals surface area contributed by atoms with Crippen LogP contribution in [0.4, 0.5) is 10.1 Å². The van der Waals surface area contributed by atoms with Crippen LogP contribution in [0.2, 0.25) is 0 Å². The summed E-state index contributed by atoms with van der Waals surface area (Å²) in [7, 11) is 0. The Labute approximate surface area is 105 Å². The van der Waals surface area contributed by atoms with E-state index < -0.39 is 0 Å². The Bertz CT molecular complexity index is 475. The van der Waals surface area contributed by atoms with E-state index in [-0.39, 0.29) is 18.1 Å². The number of carbonyl (C=O) groups excluding carboxylic acids is 1. The number of hydrogen-bond donors (Lipinski definition) is 0. The molecule has 1 aromatic rings. The van der Waals surface area contributed by atoms with Crippen molar-refractivity contribution < 1.29 is 9.18 Å².